The summed E-state index contributed by atoms with van der Waals surface area (Å²) in [6.07, 6.45) is 0.348. The van der Waals surface area contributed by atoms with Gasteiger partial charge in [0.1, 0.15) is 0 Å². The molecule has 0 aromatic carbocycles. The quantitative estimate of drug-likeness (QED) is 0.615. The van der Waals surface area contributed by atoms with E-state index in [4.69, 9.17) is 9.47 Å². The summed E-state index contributed by atoms with van der Waals surface area (Å²) in [6.45, 7) is 1.78. The standard InChI is InChI=1S/C11H13NO5/c1-2-16-11(15)12-9(13)7-5-3-4-6(17-5)8(7)10(12)14/h5-8H,2-4H2,1H3/t5-,6+,7-,8-/m0/s1. The van der Waals surface area contributed by atoms with E-state index in [9.17, 15) is 14.4 Å². The average molecular weight is 239 g/mol. The Balaban J connectivity index is 1.88. The summed E-state index contributed by atoms with van der Waals surface area (Å²) >= 11 is 0. The Kier molecular flexibility index (Phi) is 2.22. The van der Waals surface area contributed by atoms with Gasteiger partial charge in [0, 0.05) is 0 Å². The topological polar surface area (TPSA) is 72.9 Å². The lowest BCUT2D eigenvalue weighted by Gasteiger charge is -2.14. The largest absolute Gasteiger partial charge is 0.449 e. The predicted molar refractivity (Wildman–Crippen MR) is 53.8 cm³/mol. The molecule has 0 aromatic heterocycles. The molecule has 3 heterocycles. The molecule has 2 bridgehead atoms. The highest BCUT2D eigenvalue weighted by atomic mass is 16.6. The summed E-state index contributed by atoms with van der Waals surface area (Å²) in [7, 11) is 0. The number of hydrogen-bond acceptors (Lipinski definition) is 5. The third-order valence-electron chi connectivity index (χ3n) is 3.73. The summed E-state index contributed by atoms with van der Waals surface area (Å²) in [4.78, 5) is 36.3. The lowest BCUT2D eigenvalue weighted by atomic mass is 9.81. The van der Waals surface area contributed by atoms with Crippen molar-refractivity contribution in [3.63, 3.8) is 0 Å². The zero-order valence-corrected chi connectivity index (χ0v) is 9.42. The number of amides is 3. The van der Waals surface area contributed by atoms with E-state index < -0.39 is 29.7 Å². The Bertz CT molecular complexity index is 379. The summed E-state index contributed by atoms with van der Waals surface area (Å²) in [6, 6.07) is 0. The van der Waals surface area contributed by atoms with Gasteiger partial charge in [0.05, 0.1) is 30.7 Å². The van der Waals surface area contributed by atoms with Crippen LogP contribution in [0.5, 0.6) is 0 Å². The second-order valence-electron chi connectivity index (χ2n) is 4.55. The van der Waals surface area contributed by atoms with Gasteiger partial charge in [-0.3, -0.25) is 9.59 Å². The number of fused-ring (bicyclic) bond motifs is 5. The van der Waals surface area contributed by atoms with Crippen LogP contribution >= 0.6 is 0 Å². The first-order valence-corrected chi connectivity index (χ1v) is 5.85. The van der Waals surface area contributed by atoms with Gasteiger partial charge in [0.15, 0.2) is 0 Å². The van der Waals surface area contributed by atoms with Crippen molar-refractivity contribution in [1.82, 2.24) is 4.90 Å². The first kappa shape index (κ1) is 10.7. The normalized spacial score (nSPS) is 38.8. The van der Waals surface area contributed by atoms with E-state index >= 15 is 0 Å². The predicted octanol–water partition coefficient (Wildman–Crippen LogP) is 0.305. The van der Waals surface area contributed by atoms with Crippen molar-refractivity contribution in [3.8, 4) is 0 Å². The summed E-state index contributed by atoms with van der Waals surface area (Å²) in [5, 5.41) is 0. The van der Waals surface area contributed by atoms with Crippen LogP contribution in [-0.4, -0.2) is 41.6 Å². The molecule has 0 unspecified atom stereocenters. The van der Waals surface area contributed by atoms with Crippen molar-refractivity contribution < 1.29 is 23.9 Å². The number of ether oxygens (including phenoxy) is 2. The van der Waals surface area contributed by atoms with Crippen LogP contribution in [0.2, 0.25) is 0 Å². The van der Waals surface area contributed by atoms with Crippen molar-refractivity contribution in [2.24, 2.45) is 11.8 Å². The van der Waals surface area contributed by atoms with Crippen LogP contribution in [0.25, 0.3) is 0 Å². The fourth-order valence-corrected chi connectivity index (χ4v) is 3.08. The number of carbonyl (C=O) groups is 3. The lowest BCUT2D eigenvalue weighted by Crippen LogP contribution is -2.39. The Hall–Kier alpha value is -1.43. The number of hydrogen-bond donors (Lipinski definition) is 0. The van der Waals surface area contributed by atoms with Crippen molar-refractivity contribution in [2.45, 2.75) is 32.0 Å². The molecule has 3 rings (SSSR count). The van der Waals surface area contributed by atoms with Gasteiger partial charge in [-0.15, -0.1) is 0 Å². The molecule has 0 N–H and O–H groups in total. The van der Waals surface area contributed by atoms with E-state index in [2.05, 4.69) is 0 Å². The van der Waals surface area contributed by atoms with Gasteiger partial charge in [-0.1, -0.05) is 0 Å². The maximum atomic E-state index is 12.0. The number of rotatable bonds is 1. The molecule has 3 aliphatic rings. The molecule has 6 heteroatoms. The smallest absolute Gasteiger partial charge is 0.423 e. The van der Waals surface area contributed by atoms with E-state index in [1.165, 1.54) is 0 Å². The van der Waals surface area contributed by atoms with E-state index in [1.807, 2.05) is 0 Å². The molecule has 3 amide bonds. The van der Waals surface area contributed by atoms with Crippen LogP contribution in [0.15, 0.2) is 0 Å². The maximum absolute atomic E-state index is 12.0. The third kappa shape index (κ3) is 1.27. The van der Waals surface area contributed by atoms with Gasteiger partial charge in [0.25, 0.3) is 0 Å². The monoisotopic (exact) mass is 239 g/mol. The summed E-state index contributed by atoms with van der Waals surface area (Å²) in [5.74, 6) is -1.84. The van der Waals surface area contributed by atoms with E-state index in [0.29, 0.717) is 4.90 Å². The van der Waals surface area contributed by atoms with Gasteiger partial charge >= 0.3 is 6.09 Å². The highest BCUT2D eigenvalue weighted by Gasteiger charge is 2.64. The zero-order valence-electron chi connectivity index (χ0n) is 9.42. The molecule has 0 aliphatic carbocycles. The van der Waals surface area contributed by atoms with Crippen molar-refractivity contribution >= 4 is 17.9 Å². The second kappa shape index (κ2) is 3.53. The van der Waals surface area contributed by atoms with Crippen molar-refractivity contribution in [1.29, 1.82) is 0 Å². The number of likely N-dealkylation sites (tertiary alicyclic amines) is 1. The van der Waals surface area contributed by atoms with Gasteiger partial charge in [-0.05, 0) is 19.8 Å². The molecule has 3 fully saturated rings. The lowest BCUT2D eigenvalue weighted by molar-refractivity contribution is -0.140. The fraction of sp³-hybridized carbons (Fsp3) is 0.727. The Morgan fingerprint density at radius 3 is 2.29 bits per heavy atom. The minimum atomic E-state index is -0.851. The first-order chi connectivity index (χ1) is 8.15. The van der Waals surface area contributed by atoms with E-state index in [-0.39, 0.29) is 18.8 Å². The van der Waals surface area contributed by atoms with Crippen LogP contribution < -0.4 is 0 Å². The average Bonchev–Trinajstić information content (AvgIpc) is 2.93. The van der Waals surface area contributed by atoms with Crippen LogP contribution in [0, 0.1) is 11.8 Å². The van der Waals surface area contributed by atoms with Crippen molar-refractivity contribution in [3.05, 3.63) is 0 Å². The Labute approximate surface area is 97.8 Å². The van der Waals surface area contributed by atoms with Gasteiger partial charge in [-0.2, -0.15) is 4.90 Å². The fourth-order valence-electron chi connectivity index (χ4n) is 3.08. The maximum Gasteiger partial charge on any atom is 0.423 e. The zero-order chi connectivity index (χ0) is 12.2. The van der Waals surface area contributed by atoms with Crippen LogP contribution in [0.3, 0.4) is 0 Å². The highest BCUT2D eigenvalue weighted by molar-refractivity contribution is 6.16. The Morgan fingerprint density at radius 1 is 1.29 bits per heavy atom. The number of carbonyl (C=O) groups excluding carboxylic acids is 3. The highest BCUT2D eigenvalue weighted by Crippen LogP contribution is 2.48. The molecule has 3 aliphatic heterocycles. The molecule has 0 aromatic rings. The molecule has 4 atom stereocenters. The van der Waals surface area contributed by atoms with Gasteiger partial charge < -0.3 is 9.47 Å². The van der Waals surface area contributed by atoms with E-state index in [1.54, 1.807) is 6.92 Å². The molecule has 17 heavy (non-hydrogen) atoms. The molecular formula is C11H13NO5. The molecule has 6 nitrogen and oxygen atoms in total. The minimum absolute atomic E-state index is 0.147. The number of imide groups is 3. The molecule has 3 saturated heterocycles. The summed E-state index contributed by atoms with van der Waals surface area (Å²) in [5.41, 5.74) is 0. The van der Waals surface area contributed by atoms with Crippen LogP contribution in [-0.2, 0) is 19.1 Å². The minimum Gasteiger partial charge on any atom is -0.449 e. The Morgan fingerprint density at radius 2 is 1.82 bits per heavy atom. The van der Waals surface area contributed by atoms with Gasteiger partial charge in [-0.25, -0.2) is 4.79 Å². The second-order valence-corrected chi connectivity index (χ2v) is 4.55. The summed E-state index contributed by atoms with van der Waals surface area (Å²) < 4.78 is 10.3. The third-order valence-corrected chi connectivity index (χ3v) is 3.73. The number of nitrogens with zero attached hydrogens (tertiary/aromatic N) is 1. The van der Waals surface area contributed by atoms with Crippen molar-refractivity contribution in [2.75, 3.05) is 6.61 Å². The first-order valence-electron chi connectivity index (χ1n) is 5.85. The SMILES string of the molecule is CCOC(=O)N1C(=O)[C@@H]2[C@@H](C1=O)[C@H]1CC[C@@H]2O1. The molecular weight excluding hydrogens is 226 g/mol. The van der Waals surface area contributed by atoms with Crippen LogP contribution in [0.1, 0.15) is 19.8 Å². The molecule has 0 saturated carbocycles. The molecule has 0 radical (unpaired) electrons. The van der Waals surface area contributed by atoms with E-state index in [0.717, 1.165) is 12.8 Å². The molecule has 0 spiro atoms. The van der Waals surface area contributed by atoms with Gasteiger partial charge in [0.2, 0.25) is 11.8 Å². The molecule has 92 valence electrons. The van der Waals surface area contributed by atoms with Crippen LogP contribution in [0.4, 0.5) is 4.79 Å².